The Hall–Kier alpha value is -3.16. The first-order valence-electron chi connectivity index (χ1n) is 11.6. The van der Waals surface area contributed by atoms with Crippen LogP contribution in [-0.2, 0) is 10.0 Å². The monoisotopic (exact) mass is 475 g/mol. The van der Waals surface area contributed by atoms with Crippen LogP contribution in [0.15, 0.2) is 65.6 Å². The van der Waals surface area contributed by atoms with E-state index in [1.54, 1.807) is 25.1 Å². The number of nitrogens with one attached hydrogen (secondary N) is 3. The molecule has 7 heteroatoms. The average molecular weight is 476 g/mol. The molecule has 3 atom stereocenters. The van der Waals surface area contributed by atoms with E-state index in [4.69, 9.17) is 0 Å². The third-order valence-corrected chi connectivity index (χ3v) is 8.49. The molecule has 2 aliphatic heterocycles. The molecule has 0 radical (unpaired) electrons. The van der Waals surface area contributed by atoms with Gasteiger partial charge in [0.25, 0.3) is 10.0 Å². The van der Waals surface area contributed by atoms with Crippen molar-refractivity contribution in [3.05, 3.63) is 88.5 Å². The highest BCUT2D eigenvalue weighted by Gasteiger charge is 2.40. The molecule has 2 heterocycles. The van der Waals surface area contributed by atoms with Gasteiger partial charge < -0.3 is 10.6 Å². The molecule has 0 aliphatic carbocycles. The number of Topliss-reactive ketones (excluding diaryl/α,β-unsaturated/α-hetero) is 1. The van der Waals surface area contributed by atoms with E-state index in [1.165, 1.54) is 0 Å². The Bertz CT molecular complexity index is 1370. The molecule has 0 unspecified atom stereocenters. The van der Waals surface area contributed by atoms with Crippen LogP contribution in [0, 0.1) is 19.8 Å². The van der Waals surface area contributed by atoms with Crippen LogP contribution in [-0.4, -0.2) is 20.7 Å². The number of ketones is 1. The Morgan fingerprint density at radius 3 is 2.41 bits per heavy atom. The maximum absolute atomic E-state index is 13.2. The molecule has 0 bridgehead atoms. The van der Waals surface area contributed by atoms with Crippen LogP contribution < -0.4 is 15.4 Å². The minimum atomic E-state index is -3.72. The third-order valence-electron chi connectivity index (χ3n) is 7.11. The highest BCUT2D eigenvalue weighted by Crippen LogP contribution is 2.47. The van der Waals surface area contributed by atoms with E-state index in [-0.39, 0.29) is 28.7 Å². The van der Waals surface area contributed by atoms with Crippen molar-refractivity contribution in [3.8, 4) is 0 Å². The number of hydrogen-bond acceptors (Lipinski definition) is 5. The first-order valence-corrected chi connectivity index (χ1v) is 13.1. The van der Waals surface area contributed by atoms with Crippen molar-refractivity contribution in [2.45, 2.75) is 44.2 Å². The van der Waals surface area contributed by atoms with Gasteiger partial charge in [-0.2, -0.15) is 0 Å². The first kappa shape index (κ1) is 22.6. The van der Waals surface area contributed by atoms with Crippen molar-refractivity contribution in [1.82, 2.24) is 5.32 Å². The summed E-state index contributed by atoms with van der Waals surface area (Å²) in [4.78, 5) is 11.9. The van der Waals surface area contributed by atoms with Crippen molar-refractivity contribution in [2.75, 3.05) is 16.6 Å². The largest absolute Gasteiger partial charge is 0.378 e. The highest BCUT2D eigenvalue weighted by atomic mass is 32.2. The van der Waals surface area contributed by atoms with Crippen LogP contribution in [0.2, 0.25) is 0 Å². The number of hydrogen-bond donors (Lipinski definition) is 3. The lowest BCUT2D eigenvalue weighted by Crippen LogP contribution is -2.32. The maximum Gasteiger partial charge on any atom is 0.261 e. The Morgan fingerprint density at radius 1 is 0.941 bits per heavy atom. The standard InChI is InChI=1S/C27H29N3O3S/c1-16-4-9-21(14-17(16)2)30-34(32,33)22-10-11-25-24(15-22)27-23(12-13-28-27)26(29-25)20-7-5-19(6-8-20)18(3)31/h4-11,14-15,23,26-30H,12-13H2,1-3H3/t23-,26-,27-/m0/s1. The lowest BCUT2D eigenvalue weighted by molar-refractivity contribution is 0.101. The quantitative estimate of drug-likeness (QED) is 0.446. The van der Waals surface area contributed by atoms with Gasteiger partial charge in [0, 0.05) is 28.9 Å². The number of carbonyl (C=O) groups is 1. The summed E-state index contributed by atoms with van der Waals surface area (Å²) in [5.74, 6) is 0.332. The molecule has 6 nitrogen and oxygen atoms in total. The SMILES string of the molecule is CC(=O)c1ccc([C@@H]2Nc3ccc(S(=O)(=O)Nc4ccc(C)c(C)c4)cc3[C@H]3NCC[C@H]32)cc1. The predicted molar refractivity (Wildman–Crippen MR) is 135 cm³/mol. The van der Waals surface area contributed by atoms with Crippen LogP contribution in [0.4, 0.5) is 11.4 Å². The molecule has 0 saturated carbocycles. The number of benzene rings is 3. The van der Waals surface area contributed by atoms with Crippen LogP contribution in [0.1, 0.15) is 58.0 Å². The second kappa shape index (κ2) is 8.56. The van der Waals surface area contributed by atoms with Crippen LogP contribution in [0.5, 0.6) is 0 Å². The zero-order chi connectivity index (χ0) is 24.0. The van der Waals surface area contributed by atoms with Crippen molar-refractivity contribution in [3.63, 3.8) is 0 Å². The van der Waals surface area contributed by atoms with Gasteiger partial charge in [0.2, 0.25) is 0 Å². The fraction of sp³-hybridized carbons (Fsp3) is 0.296. The van der Waals surface area contributed by atoms with Gasteiger partial charge in [-0.1, -0.05) is 30.3 Å². The molecular formula is C27H29N3O3S. The molecule has 3 aromatic rings. The number of anilines is 2. The zero-order valence-corrected chi connectivity index (χ0v) is 20.4. The Labute approximate surface area is 200 Å². The molecule has 0 aromatic heterocycles. The van der Waals surface area contributed by atoms with Crippen molar-refractivity contribution in [1.29, 1.82) is 0 Å². The summed E-state index contributed by atoms with van der Waals surface area (Å²) in [6.45, 7) is 6.41. The molecule has 2 aliphatic rings. The van der Waals surface area contributed by atoms with Crippen LogP contribution in [0.3, 0.4) is 0 Å². The summed E-state index contributed by atoms with van der Waals surface area (Å²) in [6, 6.07) is 18.8. The molecule has 3 aromatic carbocycles. The Kier molecular flexibility index (Phi) is 5.70. The minimum Gasteiger partial charge on any atom is -0.378 e. The molecule has 0 spiro atoms. The summed E-state index contributed by atoms with van der Waals surface area (Å²) >= 11 is 0. The summed E-state index contributed by atoms with van der Waals surface area (Å²) in [7, 11) is -3.72. The van der Waals surface area contributed by atoms with Gasteiger partial charge in [-0.25, -0.2) is 8.42 Å². The Balaban J connectivity index is 1.45. The van der Waals surface area contributed by atoms with E-state index in [2.05, 4.69) is 15.4 Å². The van der Waals surface area contributed by atoms with Gasteiger partial charge in [-0.05, 0) is 86.3 Å². The lowest BCUT2D eigenvalue weighted by atomic mass is 9.80. The van der Waals surface area contributed by atoms with Gasteiger partial charge in [0.15, 0.2) is 5.78 Å². The molecule has 176 valence electrons. The molecule has 3 N–H and O–H groups in total. The molecular weight excluding hydrogens is 446 g/mol. The zero-order valence-electron chi connectivity index (χ0n) is 19.6. The number of rotatable bonds is 5. The predicted octanol–water partition coefficient (Wildman–Crippen LogP) is 5.12. The van der Waals surface area contributed by atoms with E-state index >= 15 is 0 Å². The van der Waals surface area contributed by atoms with E-state index < -0.39 is 10.0 Å². The topological polar surface area (TPSA) is 87.3 Å². The summed E-state index contributed by atoms with van der Waals surface area (Å²) in [5.41, 5.74) is 6.45. The molecule has 1 fully saturated rings. The molecule has 1 saturated heterocycles. The molecule has 5 rings (SSSR count). The van der Waals surface area contributed by atoms with Crippen molar-refractivity contribution >= 4 is 27.2 Å². The number of aryl methyl sites for hydroxylation is 2. The van der Waals surface area contributed by atoms with Gasteiger partial charge >= 0.3 is 0 Å². The van der Waals surface area contributed by atoms with Gasteiger partial charge in [0.05, 0.1) is 10.9 Å². The Morgan fingerprint density at radius 2 is 1.71 bits per heavy atom. The van der Waals surface area contributed by atoms with Crippen molar-refractivity contribution < 1.29 is 13.2 Å². The summed E-state index contributed by atoms with van der Waals surface area (Å²) < 4.78 is 29.1. The number of fused-ring (bicyclic) bond motifs is 3. The van der Waals surface area contributed by atoms with E-state index in [1.807, 2.05) is 56.3 Å². The fourth-order valence-corrected chi connectivity index (χ4v) is 6.15. The van der Waals surface area contributed by atoms with E-state index in [0.29, 0.717) is 11.3 Å². The van der Waals surface area contributed by atoms with Crippen molar-refractivity contribution in [2.24, 2.45) is 5.92 Å². The maximum atomic E-state index is 13.2. The average Bonchev–Trinajstić information content (AvgIpc) is 3.31. The van der Waals surface area contributed by atoms with Crippen LogP contribution >= 0.6 is 0 Å². The summed E-state index contributed by atoms with van der Waals surface area (Å²) in [5, 5.41) is 7.21. The second-order valence-corrected chi connectivity index (χ2v) is 11.0. The molecule has 34 heavy (non-hydrogen) atoms. The van der Waals surface area contributed by atoms with Gasteiger partial charge in [0.1, 0.15) is 0 Å². The summed E-state index contributed by atoms with van der Waals surface area (Å²) in [6.07, 6.45) is 0.980. The van der Waals surface area contributed by atoms with Gasteiger partial charge in [-0.3, -0.25) is 9.52 Å². The smallest absolute Gasteiger partial charge is 0.261 e. The van der Waals surface area contributed by atoms with E-state index in [9.17, 15) is 13.2 Å². The lowest BCUT2D eigenvalue weighted by Gasteiger charge is -2.37. The normalized spacial score (nSPS) is 21.3. The number of sulfonamides is 1. The van der Waals surface area contributed by atoms with E-state index in [0.717, 1.165) is 40.9 Å². The minimum absolute atomic E-state index is 0.0528. The van der Waals surface area contributed by atoms with Gasteiger partial charge in [-0.15, -0.1) is 0 Å². The fourth-order valence-electron chi connectivity index (χ4n) is 5.07. The number of carbonyl (C=O) groups excluding carboxylic acids is 1. The molecule has 0 amide bonds. The second-order valence-electron chi connectivity index (χ2n) is 9.34. The third kappa shape index (κ3) is 4.10. The highest BCUT2D eigenvalue weighted by molar-refractivity contribution is 7.92. The first-order chi connectivity index (χ1) is 16.2. The van der Waals surface area contributed by atoms with Crippen LogP contribution in [0.25, 0.3) is 0 Å².